The Balaban J connectivity index is -0.000000333. The summed E-state index contributed by atoms with van der Waals surface area (Å²) in [5.41, 5.74) is 0. The molecule has 1 aromatic carbocycles. The molecule has 0 fully saturated rings. The van der Waals surface area contributed by atoms with Crippen LogP contribution in [0.5, 0.6) is 5.75 Å². The van der Waals surface area contributed by atoms with Crippen molar-refractivity contribution >= 4 is 48.0 Å². The van der Waals surface area contributed by atoms with E-state index < -0.39 is 0 Å². The van der Waals surface area contributed by atoms with E-state index in [0.29, 0.717) is 6.61 Å². The molecule has 0 heterocycles. The molecule has 0 radical (unpaired) electrons. The summed E-state index contributed by atoms with van der Waals surface area (Å²) in [5, 5.41) is 8.40. The Morgan fingerprint density at radius 2 is 1.62 bits per heavy atom. The van der Waals surface area contributed by atoms with Gasteiger partial charge in [-0.15, -0.1) is 48.0 Å². The van der Waals surface area contributed by atoms with E-state index in [9.17, 15) is 0 Å². The molecule has 0 aliphatic rings. The number of para-hydroxylation sites is 1. The third-order valence-electron chi connectivity index (χ3n) is 1.10. The van der Waals surface area contributed by atoms with Gasteiger partial charge in [0.2, 0.25) is 0 Å². The quantitative estimate of drug-likeness (QED) is 0.516. The van der Waals surface area contributed by atoms with Crippen molar-refractivity contribution in [3.05, 3.63) is 30.3 Å². The molecule has 1 aromatic rings. The summed E-state index contributed by atoms with van der Waals surface area (Å²) < 4.78 is 5.11. The summed E-state index contributed by atoms with van der Waals surface area (Å²) in [7, 11) is 0. The molecule has 1 N–H and O–H groups in total. The Bertz CT molecular complexity index is 185. The maximum atomic E-state index is 8.40. The number of aliphatic hydroxyl groups is 1. The van der Waals surface area contributed by atoms with Crippen molar-refractivity contribution in [1.29, 1.82) is 0 Å². The molecule has 5 heteroatoms. The topological polar surface area (TPSA) is 29.5 Å². The second-order valence-corrected chi connectivity index (χ2v) is 1.89. The first-order chi connectivity index (χ1) is 4.93. The molecule has 0 atom stereocenters. The van der Waals surface area contributed by atoms with Crippen LogP contribution < -0.4 is 4.74 Å². The summed E-state index contributed by atoms with van der Waals surface area (Å²) in [6.07, 6.45) is 0. The van der Waals surface area contributed by atoms with Gasteiger partial charge in [-0.25, -0.2) is 0 Å². The maximum absolute atomic E-state index is 8.40. The number of hydrogen-bond donors (Lipinski definition) is 1. The number of aliphatic hydroxyl groups excluding tert-OH is 1. The Morgan fingerprint density at radius 1 is 1.08 bits per heavy atom. The second-order valence-electron chi connectivity index (χ2n) is 1.89. The van der Waals surface area contributed by atoms with E-state index in [4.69, 9.17) is 9.84 Å². The standard InChI is InChI=1S/C8H10O2.2HI.Ru/c9-6-7-10-8-4-2-1-3-5-8;;;/h1-5,9H,6-7H2;2*1H;. The van der Waals surface area contributed by atoms with Gasteiger partial charge >= 0.3 is 0 Å². The van der Waals surface area contributed by atoms with Gasteiger partial charge in [-0.3, -0.25) is 0 Å². The molecule has 0 saturated carbocycles. The van der Waals surface area contributed by atoms with Crippen LogP contribution in [0.25, 0.3) is 0 Å². The van der Waals surface area contributed by atoms with Crippen LogP contribution in [0.3, 0.4) is 0 Å². The SMILES string of the molecule is I.I.OCCOc1ccccc1.[Ru]. The van der Waals surface area contributed by atoms with Gasteiger partial charge in [-0.05, 0) is 12.1 Å². The van der Waals surface area contributed by atoms with Crippen LogP contribution in [0.1, 0.15) is 0 Å². The minimum absolute atomic E-state index is 0. The van der Waals surface area contributed by atoms with E-state index in [0.717, 1.165) is 5.75 Å². The zero-order chi connectivity index (χ0) is 7.23. The minimum Gasteiger partial charge on any atom is -0.491 e. The van der Waals surface area contributed by atoms with Crippen LogP contribution in [0.2, 0.25) is 0 Å². The van der Waals surface area contributed by atoms with Crippen LogP contribution >= 0.6 is 48.0 Å². The fourth-order valence-corrected chi connectivity index (χ4v) is 0.680. The molecular weight excluding hydrogens is 483 g/mol. The van der Waals surface area contributed by atoms with Crippen LogP contribution in [0.4, 0.5) is 0 Å². The van der Waals surface area contributed by atoms with Gasteiger partial charge in [0.1, 0.15) is 12.4 Å². The van der Waals surface area contributed by atoms with Crippen molar-refractivity contribution < 1.29 is 29.3 Å². The number of benzene rings is 1. The fourth-order valence-electron chi connectivity index (χ4n) is 0.680. The normalized spacial score (nSPS) is 7.15. The molecule has 0 amide bonds. The summed E-state index contributed by atoms with van der Waals surface area (Å²) in [6, 6.07) is 9.43. The molecule has 0 aliphatic carbocycles. The molecule has 0 unspecified atom stereocenters. The third-order valence-corrected chi connectivity index (χ3v) is 1.10. The molecule has 0 bridgehead atoms. The van der Waals surface area contributed by atoms with Crippen molar-refractivity contribution in [3.8, 4) is 5.75 Å². The Hall–Kier alpha value is 1.06. The Labute approximate surface area is 125 Å². The van der Waals surface area contributed by atoms with Gasteiger partial charge in [-0.2, -0.15) is 0 Å². The van der Waals surface area contributed by atoms with Crippen molar-refractivity contribution in [2.24, 2.45) is 0 Å². The van der Waals surface area contributed by atoms with Gasteiger partial charge < -0.3 is 9.84 Å². The molecular formula is C8H12I2O2Ru. The van der Waals surface area contributed by atoms with E-state index >= 15 is 0 Å². The molecule has 0 aromatic heterocycles. The largest absolute Gasteiger partial charge is 0.491 e. The van der Waals surface area contributed by atoms with E-state index in [-0.39, 0.29) is 74.0 Å². The van der Waals surface area contributed by atoms with Crippen molar-refractivity contribution in [2.45, 2.75) is 0 Å². The first-order valence-corrected chi connectivity index (χ1v) is 3.22. The first kappa shape index (κ1) is 19.6. The zero-order valence-corrected chi connectivity index (χ0v) is 13.2. The van der Waals surface area contributed by atoms with Gasteiger partial charge in [-0.1, -0.05) is 18.2 Å². The van der Waals surface area contributed by atoms with Crippen LogP contribution in [0.15, 0.2) is 30.3 Å². The first-order valence-electron chi connectivity index (χ1n) is 3.22. The van der Waals surface area contributed by atoms with Crippen LogP contribution in [-0.2, 0) is 19.5 Å². The van der Waals surface area contributed by atoms with Gasteiger partial charge in [0.25, 0.3) is 0 Å². The van der Waals surface area contributed by atoms with E-state index in [2.05, 4.69) is 0 Å². The smallest absolute Gasteiger partial charge is 0.119 e. The van der Waals surface area contributed by atoms with Gasteiger partial charge in [0.15, 0.2) is 0 Å². The van der Waals surface area contributed by atoms with Crippen molar-refractivity contribution in [2.75, 3.05) is 13.2 Å². The molecule has 1 rings (SSSR count). The average Bonchev–Trinajstić information content (AvgIpc) is 2.03. The fraction of sp³-hybridized carbons (Fsp3) is 0.250. The molecule has 13 heavy (non-hydrogen) atoms. The second kappa shape index (κ2) is 13.1. The number of ether oxygens (including phenoxy) is 1. The monoisotopic (exact) mass is 496 g/mol. The number of halogens is 2. The summed E-state index contributed by atoms with van der Waals surface area (Å²) in [4.78, 5) is 0. The summed E-state index contributed by atoms with van der Waals surface area (Å²) in [5.74, 6) is 0.802. The summed E-state index contributed by atoms with van der Waals surface area (Å²) in [6.45, 7) is 0.429. The maximum Gasteiger partial charge on any atom is 0.119 e. The van der Waals surface area contributed by atoms with Gasteiger partial charge in [0, 0.05) is 19.5 Å². The average molecular weight is 495 g/mol. The molecule has 0 saturated heterocycles. The molecule has 2 nitrogen and oxygen atoms in total. The van der Waals surface area contributed by atoms with Gasteiger partial charge in [0.05, 0.1) is 6.61 Å². The molecule has 78 valence electrons. The van der Waals surface area contributed by atoms with E-state index in [1.807, 2.05) is 30.3 Å². The Morgan fingerprint density at radius 3 is 2.08 bits per heavy atom. The minimum atomic E-state index is 0. The van der Waals surface area contributed by atoms with Crippen LogP contribution in [-0.4, -0.2) is 18.3 Å². The predicted octanol–water partition coefficient (Wildman–Crippen LogP) is 2.29. The molecule has 0 spiro atoms. The number of hydrogen-bond acceptors (Lipinski definition) is 2. The predicted molar refractivity (Wildman–Crippen MR) is 69.9 cm³/mol. The summed E-state index contributed by atoms with van der Waals surface area (Å²) >= 11 is 0. The van der Waals surface area contributed by atoms with Crippen molar-refractivity contribution in [3.63, 3.8) is 0 Å². The number of rotatable bonds is 3. The molecule has 0 aliphatic heterocycles. The van der Waals surface area contributed by atoms with Crippen molar-refractivity contribution in [1.82, 2.24) is 0 Å². The van der Waals surface area contributed by atoms with E-state index in [1.54, 1.807) is 0 Å². The zero-order valence-electron chi connectivity index (χ0n) is 6.83. The Kier molecular flexibility index (Phi) is 19.7. The van der Waals surface area contributed by atoms with E-state index in [1.165, 1.54) is 0 Å². The third kappa shape index (κ3) is 9.37. The van der Waals surface area contributed by atoms with Crippen LogP contribution in [0, 0.1) is 0 Å².